The van der Waals surface area contributed by atoms with Gasteiger partial charge in [-0.1, -0.05) is 221 Å². The molecule has 0 aromatic heterocycles. The van der Waals surface area contributed by atoms with Gasteiger partial charge in [0.25, 0.3) is 0 Å². The highest BCUT2D eigenvalue weighted by Gasteiger charge is 2.19. The van der Waals surface area contributed by atoms with Gasteiger partial charge in [-0.3, -0.25) is 14.4 Å². The number of ether oxygens (including phenoxy) is 3. The van der Waals surface area contributed by atoms with E-state index < -0.39 is 6.10 Å². The SMILES string of the molecule is CCCCC/C=C/C/C=C/C/C=C/C/C=C/CCCCCC(=O)OC[C@@H](COC(=O)CCCCCCC/C=C/C/C=C/CCCCC)OC(=O)CCCCCCCCC/C=C/CCCCCCCC. The van der Waals surface area contributed by atoms with Gasteiger partial charge < -0.3 is 14.2 Å². The van der Waals surface area contributed by atoms with E-state index in [-0.39, 0.29) is 31.1 Å². The van der Waals surface area contributed by atoms with Crippen LogP contribution in [0.3, 0.4) is 0 Å². The second-order valence-electron chi connectivity index (χ2n) is 19.2. The summed E-state index contributed by atoms with van der Waals surface area (Å²) in [7, 11) is 0. The lowest BCUT2D eigenvalue weighted by atomic mass is 10.1. The molecule has 0 aliphatic carbocycles. The molecule has 396 valence electrons. The number of rotatable bonds is 52. The fourth-order valence-corrected chi connectivity index (χ4v) is 7.92. The van der Waals surface area contributed by atoms with Gasteiger partial charge in [-0.05, 0) is 122 Å². The highest BCUT2D eigenvalue weighted by atomic mass is 16.6. The average molecular weight is 962 g/mol. The van der Waals surface area contributed by atoms with Gasteiger partial charge in [-0.15, -0.1) is 0 Å². The molecule has 0 aliphatic heterocycles. The summed E-state index contributed by atoms with van der Waals surface area (Å²) in [6.07, 6.45) is 74.2. The van der Waals surface area contributed by atoms with Crippen molar-refractivity contribution in [3.63, 3.8) is 0 Å². The quantitative estimate of drug-likeness (QED) is 0.0262. The molecule has 0 aromatic carbocycles. The molecule has 0 fully saturated rings. The van der Waals surface area contributed by atoms with Crippen LogP contribution in [0.4, 0.5) is 0 Å². The van der Waals surface area contributed by atoms with E-state index in [1.807, 2.05) is 0 Å². The first-order valence-corrected chi connectivity index (χ1v) is 29.1. The zero-order chi connectivity index (χ0) is 50.0. The van der Waals surface area contributed by atoms with Gasteiger partial charge in [-0.25, -0.2) is 0 Å². The fourth-order valence-electron chi connectivity index (χ4n) is 7.92. The number of hydrogen-bond acceptors (Lipinski definition) is 6. The lowest BCUT2D eigenvalue weighted by Crippen LogP contribution is -2.30. The summed E-state index contributed by atoms with van der Waals surface area (Å²) in [5.74, 6) is -0.939. The molecule has 0 aromatic rings. The van der Waals surface area contributed by atoms with E-state index in [4.69, 9.17) is 14.2 Å². The summed E-state index contributed by atoms with van der Waals surface area (Å²) in [4.78, 5) is 38.2. The van der Waals surface area contributed by atoms with Crippen LogP contribution < -0.4 is 0 Å². The molecule has 1 atom stereocenters. The molecule has 0 unspecified atom stereocenters. The van der Waals surface area contributed by atoms with Gasteiger partial charge in [0, 0.05) is 19.3 Å². The number of carbonyl (C=O) groups is 3. The minimum atomic E-state index is -0.799. The molecule has 0 heterocycles. The van der Waals surface area contributed by atoms with Crippen molar-refractivity contribution in [3.8, 4) is 0 Å². The first-order valence-electron chi connectivity index (χ1n) is 29.1. The van der Waals surface area contributed by atoms with Crippen molar-refractivity contribution in [2.45, 2.75) is 284 Å². The summed E-state index contributed by atoms with van der Waals surface area (Å²) in [6, 6.07) is 0. The van der Waals surface area contributed by atoms with Crippen molar-refractivity contribution >= 4 is 17.9 Å². The molecule has 0 radical (unpaired) electrons. The van der Waals surface area contributed by atoms with Crippen molar-refractivity contribution in [2.75, 3.05) is 13.2 Å². The van der Waals surface area contributed by atoms with Crippen molar-refractivity contribution in [3.05, 3.63) is 85.1 Å². The smallest absolute Gasteiger partial charge is 0.306 e. The Morgan fingerprint density at radius 2 is 0.522 bits per heavy atom. The molecule has 0 bridgehead atoms. The molecule has 6 nitrogen and oxygen atoms in total. The molecule has 0 N–H and O–H groups in total. The standard InChI is InChI=1S/C63H108O6/c1-4-7-10-13-16-19-22-25-28-30-31-33-35-38-41-44-47-50-53-56-62(65)68-59-60(58-67-61(64)55-52-49-46-43-40-37-34-27-24-21-18-15-12-9-6-3)69-63(66)57-54-51-48-45-42-39-36-32-29-26-23-20-17-14-11-8-5-2/h16,18-19,21,25-29,31,33-34,38,41,60H,4-15,17,20,22-24,30,32,35-37,39-40,42-59H2,1-3H3/b19-16+,21-18+,28-25+,29-26+,33-31+,34-27+,41-38+/t60-/m1/s1. The van der Waals surface area contributed by atoms with Crippen LogP contribution in [-0.4, -0.2) is 37.2 Å². The van der Waals surface area contributed by atoms with Crippen LogP contribution in [0.15, 0.2) is 85.1 Å². The van der Waals surface area contributed by atoms with Crippen LogP contribution in [0.2, 0.25) is 0 Å². The van der Waals surface area contributed by atoms with Gasteiger partial charge in [0.05, 0.1) is 0 Å². The van der Waals surface area contributed by atoms with Crippen LogP contribution in [0.5, 0.6) is 0 Å². The topological polar surface area (TPSA) is 78.9 Å². The van der Waals surface area contributed by atoms with Crippen LogP contribution in [-0.2, 0) is 28.6 Å². The number of unbranched alkanes of at least 4 members (excludes halogenated alkanes) is 27. The highest BCUT2D eigenvalue weighted by Crippen LogP contribution is 2.14. The molecular formula is C63H108O6. The first-order chi connectivity index (χ1) is 34.0. The van der Waals surface area contributed by atoms with E-state index in [0.29, 0.717) is 19.3 Å². The summed E-state index contributed by atoms with van der Waals surface area (Å²) >= 11 is 0. The van der Waals surface area contributed by atoms with E-state index >= 15 is 0 Å². The molecule has 0 rings (SSSR count). The van der Waals surface area contributed by atoms with Gasteiger partial charge >= 0.3 is 17.9 Å². The van der Waals surface area contributed by atoms with Crippen LogP contribution in [0.25, 0.3) is 0 Å². The molecule has 6 heteroatoms. The number of allylic oxidation sites excluding steroid dienone is 14. The molecule has 0 aliphatic rings. The van der Waals surface area contributed by atoms with Crippen molar-refractivity contribution < 1.29 is 28.6 Å². The Hall–Kier alpha value is -3.41. The molecule has 0 amide bonds. The summed E-state index contributed by atoms with van der Waals surface area (Å²) in [6.45, 7) is 6.55. The van der Waals surface area contributed by atoms with E-state index in [1.54, 1.807) is 0 Å². The summed E-state index contributed by atoms with van der Waals surface area (Å²) < 4.78 is 16.8. The van der Waals surface area contributed by atoms with Crippen LogP contribution >= 0.6 is 0 Å². The van der Waals surface area contributed by atoms with Gasteiger partial charge in [-0.2, -0.15) is 0 Å². The third-order valence-electron chi connectivity index (χ3n) is 12.3. The summed E-state index contributed by atoms with van der Waals surface area (Å²) in [5.41, 5.74) is 0. The Bertz CT molecular complexity index is 1330. The van der Waals surface area contributed by atoms with Crippen molar-refractivity contribution in [1.82, 2.24) is 0 Å². The van der Waals surface area contributed by atoms with Gasteiger partial charge in [0.2, 0.25) is 0 Å². The van der Waals surface area contributed by atoms with E-state index in [1.165, 1.54) is 128 Å². The molecular weight excluding hydrogens is 853 g/mol. The average Bonchev–Trinajstić information content (AvgIpc) is 3.35. The molecule has 0 saturated carbocycles. The second-order valence-corrected chi connectivity index (χ2v) is 19.2. The van der Waals surface area contributed by atoms with E-state index in [2.05, 4.69) is 106 Å². The lowest BCUT2D eigenvalue weighted by Gasteiger charge is -2.18. The maximum absolute atomic E-state index is 12.9. The van der Waals surface area contributed by atoms with Crippen molar-refractivity contribution in [2.24, 2.45) is 0 Å². The van der Waals surface area contributed by atoms with E-state index in [0.717, 1.165) is 109 Å². The zero-order valence-corrected chi connectivity index (χ0v) is 45.3. The zero-order valence-electron chi connectivity index (χ0n) is 45.3. The van der Waals surface area contributed by atoms with Gasteiger partial charge in [0.1, 0.15) is 13.2 Å². The lowest BCUT2D eigenvalue weighted by molar-refractivity contribution is -0.167. The largest absolute Gasteiger partial charge is 0.462 e. The Morgan fingerprint density at radius 1 is 0.290 bits per heavy atom. The highest BCUT2D eigenvalue weighted by molar-refractivity contribution is 5.71. The first kappa shape index (κ1) is 65.6. The van der Waals surface area contributed by atoms with Crippen LogP contribution in [0, 0.1) is 0 Å². The minimum Gasteiger partial charge on any atom is -0.462 e. The Kier molecular flexibility index (Phi) is 54.3. The second kappa shape index (κ2) is 57.2. The molecule has 0 spiro atoms. The molecule has 0 saturated heterocycles. The maximum Gasteiger partial charge on any atom is 0.306 e. The predicted molar refractivity (Wildman–Crippen MR) is 297 cm³/mol. The number of hydrogen-bond donors (Lipinski definition) is 0. The molecule has 69 heavy (non-hydrogen) atoms. The minimum absolute atomic E-state index is 0.0958. The van der Waals surface area contributed by atoms with Crippen molar-refractivity contribution in [1.29, 1.82) is 0 Å². The number of esters is 3. The maximum atomic E-state index is 12.9. The third-order valence-corrected chi connectivity index (χ3v) is 12.3. The Morgan fingerprint density at radius 3 is 0.870 bits per heavy atom. The van der Waals surface area contributed by atoms with E-state index in [9.17, 15) is 14.4 Å². The Balaban J connectivity index is 4.47. The number of carbonyl (C=O) groups excluding carboxylic acids is 3. The third kappa shape index (κ3) is 55.4. The fraction of sp³-hybridized carbons (Fsp3) is 0.730. The van der Waals surface area contributed by atoms with Gasteiger partial charge in [0.15, 0.2) is 6.10 Å². The normalized spacial score (nSPS) is 12.7. The summed E-state index contributed by atoms with van der Waals surface area (Å²) in [5, 5.41) is 0. The Labute approximate surface area is 426 Å². The predicted octanol–water partition coefficient (Wildman–Crippen LogP) is 19.5. The van der Waals surface area contributed by atoms with Crippen LogP contribution in [0.1, 0.15) is 278 Å². The monoisotopic (exact) mass is 961 g/mol.